The fourth-order valence-electron chi connectivity index (χ4n) is 1.80. The van der Waals surface area contributed by atoms with Crippen molar-refractivity contribution in [2.24, 2.45) is 5.73 Å². The molecule has 2 N–H and O–H groups in total. The molecule has 0 bridgehead atoms. The molecule has 1 aromatic rings. The lowest BCUT2D eigenvalue weighted by Crippen LogP contribution is -2.33. The van der Waals surface area contributed by atoms with Crippen LogP contribution in [0.25, 0.3) is 0 Å². The average molecular weight is 285 g/mol. The first kappa shape index (κ1) is 13.4. The molecule has 1 fully saturated rings. The van der Waals surface area contributed by atoms with Crippen LogP contribution in [0.5, 0.6) is 0 Å². The summed E-state index contributed by atoms with van der Waals surface area (Å²) < 4.78 is 26.2. The Bertz CT molecular complexity index is 550. The molecule has 1 aromatic heterocycles. The topological polar surface area (TPSA) is 76.3 Å². The van der Waals surface area contributed by atoms with Gasteiger partial charge in [0.1, 0.15) is 9.88 Å². The van der Waals surface area contributed by atoms with Crippen LogP contribution in [-0.2, 0) is 10.0 Å². The monoisotopic (exact) mass is 285 g/mol. The Morgan fingerprint density at radius 3 is 2.61 bits per heavy atom. The fraction of sp³-hybridized carbons (Fsp3) is 0.455. The molecule has 0 radical (unpaired) electrons. The van der Waals surface area contributed by atoms with Gasteiger partial charge in [0.05, 0.1) is 5.69 Å². The number of sulfonamides is 1. The van der Waals surface area contributed by atoms with Crippen LogP contribution in [0.3, 0.4) is 0 Å². The Morgan fingerprint density at radius 1 is 1.56 bits per heavy atom. The van der Waals surface area contributed by atoms with Gasteiger partial charge in [0.25, 0.3) is 0 Å². The number of rotatable bonds is 5. The van der Waals surface area contributed by atoms with Gasteiger partial charge >= 0.3 is 0 Å². The van der Waals surface area contributed by atoms with Crippen LogP contribution >= 0.6 is 12.2 Å². The molecule has 0 spiro atoms. The maximum absolute atomic E-state index is 12.3. The second-order valence-corrected chi connectivity index (χ2v) is 6.51. The molecule has 0 atom stereocenters. The highest BCUT2D eigenvalue weighted by Gasteiger charge is 2.36. The van der Waals surface area contributed by atoms with Crippen molar-refractivity contribution in [3.05, 3.63) is 24.0 Å². The molecular weight excluding hydrogens is 270 g/mol. The first-order chi connectivity index (χ1) is 8.46. The normalized spacial score (nSPS) is 15.9. The van der Waals surface area contributed by atoms with Gasteiger partial charge in [0.15, 0.2) is 0 Å². The number of pyridine rings is 1. The van der Waals surface area contributed by atoms with E-state index in [2.05, 4.69) is 4.98 Å². The van der Waals surface area contributed by atoms with Crippen molar-refractivity contribution in [3.63, 3.8) is 0 Å². The molecular formula is C11H15N3O2S2. The lowest BCUT2D eigenvalue weighted by atomic mass is 10.3. The van der Waals surface area contributed by atoms with E-state index in [9.17, 15) is 8.42 Å². The van der Waals surface area contributed by atoms with Crippen LogP contribution in [0.1, 0.15) is 25.5 Å². The quantitative estimate of drug-likeness (QED) is 0.813. The summed E-state index contributed by atoms with van der Waals surface area (Å²) in [5.74, 6) is 0. The van der Waals surface area contributed by atoms with Crippen molar-refractivity contribution < 1.29 is 8.42 Å². The fourth-order valence-corrected chi connectivity index (χ4v) is 3.56. The molecule has 0 aromatic carbocycles. The van der Waals surface area contributed by atoms with Gasteiger partial charge < -0.3 is 5.73 Å². The molecule has 1 aliphatic rings. The van der Waals surface area contributed by atoms with E-state index < -0.39 is 10.0 Å². The van der Waals surface area contributed by atoms with Crippen LogP contribution in [0, 0.1) is 0 Å². The standard InChI is InChI=1S/C11H15N3O2S2/c1-2-14(8-3-4-8)18(15,16)9-5-6-10(11(12)17)13-7-9/h5-8H,2-4H2,1H3,(H2,12,17). The zero-order chi connectivity index (χ0) is 13.3. The van der Waals surface area contributed by atoms with E-state index in [-0.39, 0.29) is 15.9 Å². The van der Waals surface area contributed by atoms with Crippen LogP contribution in [-0.4, -0.2) is 35.3 Å². The maximum atomic E-state index is 12.3. The maximum Gasteiger partial charge on any atom is 0.244 e. The average Bonchev–Trinajstić information content (AvgIpc) is 3.14. The van der Waals surface area contributed by atoms with Gasteiger partial charge in [-0.3, -0.25) is 4.98 Å². The minimum absolute atomic E-state index is 0.148. The first-order valence-electron chi connectivity index (χ1n) is 5.74. The summed E-state index contributed by atoms with van der Waals surface area (Å²) in [5, 5.41) is 0. The number of nitrogens with zero attached hydrogens (tertiary/aromatic N) is 2. The second kappa shape index (κ2) is 4.91. The van der Waals surface area contributed by atoms with Crippen LogP contribution in [0.4, 0.5) is 0 Å². The molecule has 1 saturated carbocycles. The Hall–Kier alpha value is -1.05. The lowest BCUT2D eigenvalue weighted by Gasteiger charge is -2.19. The summed E-state index contributed by atoms with van der Waals surface area (Å²) in [6.07, 6.45) is 3.19. The van der Waals surface area contributed by atoms with Crippen molar-refractivity contribution in [2.45, 2.75) is 30.7 Å². The van der Waals surface area contributed by atoms with Gasteiger partial charge in [-0.05, 0) is 25.0 Å². The number of nitrogens with two attached hydrogens (primary N) is 1. The van der Waals surface area contributed by atoms with E-state index in [1.54, 1.807) is 0 Å². The van der Waals surface area contributed by atoms with E-state index in [1.165, 1.54) is 22.6 Å². The Kier molecular flexibility index (Phi) is 3.65. The van der Waals surface area contributed by atoms with Gasteiger partial charge in [-0.1, -0.05) is 19.1 Å². The smallest absolute Gasteiger partial charge is 0.244 e. The summed E-state index contributed by atoms with van der Waals surface area (Å²) in [6.45, 7) is 2.32. The zero-order valence-corrected chi connectivity index (χ0v) is 11.7. The summed E-state index contributed by atoms with van der Waals surface area (Å²) >= 11 is 4.78. The predicted octanol–water partition coefficient (Wildman–Crippen LogP) is 0.889. The molecule has 5 nitrogen and oxygen atoms in total. The van der Waals surface area contributed by atoms with E-state index in [0.29, 0.717) is 12.2 Å². The summed E-state index contributed by atoms with van der Waals surface area (Å²) in [6, 6.07) is 3.19. The van der Waals surface area contributed by atoms with E-state index in [0.717, 1.165) is 12.8 Å². The molecule has 7 heteroatoms. The van der Waals surface area contributed by atoms with E-state index in [4.69, 9.17) is 18.0 Å². The Balaban J connectivity index is 2.31. The molecule has 18 heavy (non-hydrogen) atoms. The third-order valence-electron chi connectivity index (χ3n) is 2.86. The van der Waals surface area contributed by atoms with Crippen molar-refractivity contribution >= 4 is 27.2 Å². The van der Waals surface area contributed by atoms with Gasteiger partial charge in [-0.15, -0.1) is 0 Å². The number of aromatic nitrogens is 1. The van der Waals surface area contributed by atoms with Crippen LogP contribution in [0.2, 0.25) is 0 Å². The highest BCUT2D eigenvalue weighted by Crippen LogP contribution is 2.31. The zero-order valence-electron chi connectivity index (χ0n) is 10.0. The highest BCUT2D eigenvalue weighted by atomic mass is 32.2. The summed E-state index contributed by atoms with van der Waals surface area (Å²) in [5.41, 5.74) is 5.86. The third kappa shape index (κ3) is 2.52. The molecule has 0 unspecified atom stereocenters. The molecule has 2 rings (SSSR count). The highest BCUT2D eigenvalue weighted by molar-refractivity contribution is 7.89. The van der Waals surface area contributed by atoms with Crippen molar-refractivity contribution in [1.82, 2.24) is 9.29 Å². The number of hydrogen-bond acceptors (Lipinski definition) is 4. The molecule has 0 amide bonds. The minimum Gasteiger partial charge on any atom is -0.388 e. The van der Waals surface area contributed by atoms with Crippen LogP contribution < -0.4 is 5.73 Å². The van der Waals surface area contributed by atoms with Crippen molar-refractivity contribution in [3.8, 4) is 0 Å². The van der Waals surface area contributed by atoms with Crippen molar-refractivity contribution in [1.29, 1.82) is 0 Å². The first-order valence-corrected chi connectivity index (χ1v) is 7.59. The Morgan fingerprint density at radius 2 is 2.22 bits per heavy atom. The molecule has 98 valence electrons. The summed E-state index contributed by atoms with van der Waals surface area (Å²) in [4.78, 5) is 4.32. The van der Waals surface area contributed by atoms with Gasteiger partial charge in [0.2, 0.25) is 10.0 Å². The molecule has 0 saturated heterocycles. The Labute approximate surface area is 112 Å². The third-order valence-corrected chi connectivity index (χ3v) is 5.08. The molecule has 0 aliphatic heterocycles. The van der Waals surface area contributed by atoms with Crippen molar-refractivity contribution in [2.75, 3.05) is 6.54 Å². The van der Waals surface area contributed by atoms with Gasteiger partial charge in [-0.25, -0.2) is 8.42 Å². The largest absolute Gasteiger partial charge is 0.388 e. The SMILES string of the molecule is CCN(C1CC1)S(=O)(=O)c1ccc(C(N)=S)nc1. The van der Waals surface area contributed by atoms with Gasteiger partial charge in [0, 0.05) is 18.8 Å². The number of hydrogen-bond donors (Lipinski definition) is 1. The van der Waals surface area contributed by atoms with Gasteiger partial charge in [-0.2, -0.15) is 4.31 Å². The minimum atomic E-state index is -3.44. The van der Waals surface area contributed by atoms with E-state index in [1.807, 2.05) is 6.92 Å². The second-order valence-electron chi connectivity index (χ2n) is 4.18. The lowest BCUT2D eigenvalue weighted by molar-refractivity contribution is 0.421. The summed E-state index contributed by atoms with van der Waals surface area (Å²) in [7, 11) is -3.44. The van der Waals surface area contributed by atoms with Crippen LogP contribution in [0.15, 0.2) is 23.2 Å². The molecule has 1 aliphatic carbocycles. The molecule has 1 heterocycles. The van der Waals surface area contributed by atoms with E-state index >= 15 is 0 Å². The predicted molar refractivity (Wildman–Crippen MR) is 72.7 cm³/mol. The number of thiocarbonyl (C=S) groups is 1.